The van der Waals surface area contributed by atoms with Crippen molar-refractivity contribution in [2.45, 2.75) is 0 Å². The molecule has 2 amide bonds. The summed E-state index contributed by atoms with van der Waals surface area (Å²) in [5.74, 6) is -1.60. The molecule has 9 heteroatoms. The second-order valence-corrected chi connectivity index (χ2v) is 8.05. The fraction of sp³-hybridized carbons (Fsp3) is 0.190. The minimum Gasteiger partial charge on any atom is -0.378 e. The minimum absolute atomic E-state index is 0.00156. The topological polar surface area (TPSA) is 61.9 Å². The number of halogens is 2. The van der Waals surface area contributed by atoms with Gasteiger partial charge in [-0.15, -0.1) is 0 Å². The van der Waals surface area contributed by atoms with E-state index >= 15 is 0 Å². The van der Waals surface area contributed by atoms with Crippen LogP contribution in [-0.4, -0.2) is 43.2 Å². The maximum atomic E-state index is 14.7. The van der Waals surface area contributed by atoms with Gasteiger partial charge in [0.25, 0.3) is 11.8 Å². The molecule has 6 nitrogen and oxygen atoms in total. The second-order valence-electron chi connectivity index (χ2n) is 6.74. The summed E-state index contributed by atoms with van der Waals surface area (Å²) >= 11 is 8.53. The lowest BCUT2D eigenvalue weighted by atomic mass is 10.1. The monoisotopic (exact) mass is 489 g/mol. The van der Waals surface area contributed by atoms with Gasteiger partial charge in [-0.3, -0.25) is 19.8 Å². The van der Waals surface area contributed by atoms with Gasteiger partial charge in [0.2, 0.25) is 0 Å². The van der Waals surface area contributed by atoms with Crippen molar-refractivity contribution in [1.29, 1.82) is 0 Å². The van der Waals surface area contributed by atoms with Crippen LogP contribution in [0.5, 0.6) is 0 Å². The van der Waals surface area contributed by atoms with Crippen LogP contribution in [0.4, 0.5) is 15.8 Å². The number of carbonyl (C=O) groups is 2. The standard InChI is InChI=1S/C21H17BrFN3O3S/c22-14-2-4-15(5-3-14)26-20(28)16(19(27)24-21(26)30)11-13-1-6-18(17(23)12-13)25-7-9-29-10-8-25/h1-6,11-12H,7-10H2,(H,24,27,30)/b16-11+. The Hall–Kier alpha value is -2.62. The maximum absolute atomic E-state index is 14.7. The number of hydrogen-bond acceptors (Lipinski definition) is 5. The molecular weight excluding hydrogens is 473 g/mol. The number of nitrogens with zero attached hydrogens (tertiary/aromatic N) is 2. The molecule has 4 rings (SSSR count). The zero-order valence-corrected chi connectivity index (χ0v) is 18.1. The van der Waals surface area contributed by atoms with Gasteiger partial charge in [-0.05, 0) is 60.3 Å². The first-order valence-electron chi connectivity index (χ1n) is 9.23. The van der Waals surface area contributed by atoms with Gasteiger partial charge in [0, 0.05) is 17.6 Å². The SMILES string of the molecule is O=C1NC(=S)N(c2ccc(Br)cc2)C(=O)/C1=C/c1ccc(N2CCOCC2)c(F)c1. The van der Waals surface area contributed by atoms with Crippen molar-refractivity contribution in [3.8, 4) is 0 Å². The molecule has 0 atom stereocenters. The average Bonchev–Trinajstić information content (AvgIpc) is 2.73. The fourth-order valence-corrected chi connectivity index (χ4v) is 3.87. The van der Waals surface area contributed by atoms with E-state index in [1.165, 1.54) is 17.0 Å². The maximum Gasteiger partial charge on any atom is 0.270 e. The lowest BCUT2D eigenvalue weighted by molar-refractivity contribution is -0.122. The van der Waals surface area contributed by atoms with E-state index in [1.54, 1.807) is 36.4 Å². The number of hydrogen-bond donors (Lipinski definition) is 1. The van der Waals surface area contributed by atoms with Crippen molar-refractivity contribution in [3.05, 3.63) is 63.9 Å². The Morgan fingerprint density at radius 2 is 1.80 bits per heavy atom. The molecule has 2 aliphatic heterocycles. The molecule has 2 heterocycles. The number of thiocarbonyl (C=S) groups is 1. The molecule has 2 saturated heterocycles. The van der Waals surface area contributed by atoms with Crippen LogP contribution in [0.25, 0.3) is 6.08 Å². The number of anilines is 2. The summed E-state index contributed by atoms with van der Waals surface area (Å²) in [7, 11) is 0. The van der Waals surface area contributed by atoms with Gasteiger partial charge in [-0.2, -0.15) is 0 Å². The molecule has 2 fully saturated rings. The first-order chi connectivity index (χ1) is 14.4. The van der Waals surface area contributed by atoms with E-state index in [0.29, 0.717) is 43.2 Å². The summed E-state index contributed by atoms with van der Waals surface area (Å²) in [6.07, 6.45) is 1.37. The van der Waals surface area contributed by atoms with E-state index in [-0.39, 0.29) is 10.7 Å². The molecule has 2 aromatic rings. The van der Waals surface area contributed by atoms with E-state index in [1.807, 2.05) is 4.90 Å². The van der Waals surface area contributed by atoms with Crippen molar-refractivity contribution < 1.29 is 18.7 Å². The molecule has 0 unspecified atom stereocenters. The summed E-state index contributed by atoms with van der Waals surface area (Å²) < 4.78 is 20.8. The summed E-state index contributed by atoms with van der Waals surface area (Å²) in [5, 5.41) is 2.52. The Morgan fingerprint density at radius 1 is 1.10 bits per heavy atom. The van der Waals surface area contributed by atoms with E-state index in [4.69, 9.17) is 17.0 Å². The Bertz CT molecular complexity index is 1050. The Kier molecular flexibility index (Phi) is 5.94. The molecule has 1 N–H and O–H groups in total. The van der Waals surface area contributed by atoms with Crippen molar-refractivity contribution in [2.75, 3.05) is 36.1 Å². The Morgan fingerprint density at radius 3 is 2.47 bits per heavy atom. The van der Waals surface area contributed by atoms with Gasteiger partial charge in [0.1, 0.15) is 11.4 Å². The minimum atomic E-state index is -0.615. The van der Waals surface area contributed by atoms with Crippen LogP contribution in [0.3, 0.4) is 0 Å². The predicted molar refractivity (Wildman–Crippen MR) is 120 cm³/mol. The lowest BCUT2D eigenvalue weighted by Crippen LogP contribution is -2.54. The van der Waals surface area contributed by atoms with Crippen LogP contribution in [0, 0.1) is 5.82 Å². The zero-order valence-electron chi connectivity index (χ0n) is 15.7. The van der Waals surface area contributed by atoms with Crippen LogP contribution in [-0.2, 0) is 14.3 Å². The smallest absolute Gasteiger partial charge is 0.270 e. The van der Waals surface area contributed by atoms with Gasteiger partial charge < -0.3 is 9.64 Å². The number of nitrogens with one attached hydrogen (secondary N) is 1. The molecular formula is C21H17BrFN3O3S. The molecule has 0 spiro atoms. The van der Waals surface area contributed by atoms with Gasteiger partial charge in [0.15, 0.2) is 5.11 Å². The lowest BCUT2D eigenvalue weighted by Gasteiger charge is -2.29. The van der Waals surface area contributed by atoms with Gasteiger partial charge in [-0.25, -0.2) is 4.39 Å². The number of ether oxygens (including phenoxy) is 1. The highest BCUT2D eigenvalue weighted by atomic mass is 79.9. The summed E-state index contributed by atoms with van der Waals surface area (Å²) in [5.41, 5.74) is 1.28. The van der Waals surface area contributed by atoms with Gasteiger partial charge in [-0.1, -0.05) is 22.0 Å². The van der Waals surface area contributed by atoms with Gasteiger partial charge in [0.05, 0.1) is 24.6 Å². The highest BCUT2D eigenvalue weighted by molar-refractivity contribution is 9.10. The van der Waals surface area contributed by atoms with Crippen LogP contribution in [0.2, 0.25) is 0 Å². The van der Waals surface area contributed by atoms with Crippen molar-refractivity contribution in [2.24, 2.45) is 0 Å². The number of rotatable bonds is 3. The summed E-state index contributed by atoms with van der Waals surface area (Å²) in [6.45, 7) is 2.31. The molecule has 0 saturated carbocycles. The largest absolute Gasteiger partial charge is 0.378 e. The third-order valence-corrected chi connectivity index (χ3v) is 5.63. The second kappa shape index (κ2) is 8.63. The average molecular weight is 490 g/mol. The first kappa shape index (κ1) is 20.6. The summed E-state index contributed by atoms with van der Waals surface area (Å²) in [4.78, 5) is 28.6. The van der Waals surface area contributed by atoms with Crippen molar-refractivity contribution in [3.63, 3.8) is 0 Å². The van der Waals surface area contributed by atoms with Crippen LogP contribution in [0.1, 0.15) is 5.56 Å². The molecule has 2 aromatic carbocycles. The fourth-order valence-electron chi connectivity index (χ4n) is 3.32. The highest BCUT2D eigenvalue weighted by Gasteiger charge is 2.34. The number of amides is 2. The van der Waals surface area contributed by atoms with E-state index in [0.717, 1.165) is 4.47 Å². The predicted octanol–water partition coefficient (Wildman–Crippen LogP) is 3.26. The molecule has 30 heavy (non-hydrogen) atoms. The summed E-state index contributed by atoms with van der Waals surface area (Å²) in [6, 6.07) is 11.6. The Balaban J connectivity index is 1.64. The Labute approximate surface area is 186 Å². The van der Waals surface area contributed by atoms with Crippen LogP contribution in [0.15, 0.2) is 52.5 Å². The van der Waals surface area contributed by atoms with Gasteiger partial charge >= 0.3 is 0 Å². The normalized spacial score (nSPS) is 18.7. The van der Waals surface area contributed by atoms with E-state index in [2.05, 4.69) is 21.2 Å². The molecule has 0 radical (unpaired) electrons. The van der Waals surface area contributed by atoms with E-state index < -0.39 is 17.6 Å². The van der Waals surface area contributed by atoms with Crippen molar-refractivity contribution in [1.82, 2.24) is 5.32 Å². The number of morpholine rings is 1. The first-order valence-corrected chi connectivity index (χ1v) is 10.4. The number of benzene rings is 2. The molecule has 0 bridgehead atoms. The highest BCUT2D eigenvalue weighted by Crippen LogP contribution is 2.26. The van der Waals surface area contributed by atoms with Crippen LogP contribution < -0.4 is 15.1 Å². The molecule has 2 aliphatic rings. The quantitative estimate of drug-likeness (QED) is 0.407. The molecule has 154 valence electrons. The zero-order chi connectivity index (χ0) is 21.3. The third kappa shape index (κ3) is 4.14. The van der Waals surface area contributed by atoms with Crippen LogP contribution >= 0.6 is 28.1 Å². The third-order valence-electron chi connectivity index (χ3n) is 4.82. The number of carbonyl (C=O) groups excluding carboxylic acids is 2. The molecule has 0 aromatic heterocycles. The van der Waals surface area contributed by atoms with Crippen molar-refractivity contribution >= 4 is 62.5 Å². The van der Waals surface area contributed by atoms with E-state index in [9.17, 15) is 14.0 Å². The molecule has 0 aliphatic carbocycles.